The molecule has 0 fully saturated rings. The molecule has 2 aromatic carbocycles. The molecule has 0 atom stereocenters. The van der Waals surface area contributed by atoms with Crippen LogP contribution in [0.15, 0.2) is 24.3 Å². The molecule has 0 unspecified atom stereocenters. The number of fused-ring (bicyclic) bond motifs is 1. The van der Waals surface area contributed by atoms with E-state index in [9.17, 15) is 4.79 Å². The largest absolute Gasteiger partial charge is 0.454 e. The van der Waals surface area contributed by atoms with Crippen molar-refractivity contribution in [2.75, 3.05) is 6.79 Å². The summed E-state index contributed by atoms with van der Waals surface area (Å²) in [5.41, 5.74) is 7.51. The number of ketones is 1. The molecule has 3 heteroatoms. The fourth-order valence-corrected chi connectivity index (χ4v) is 3.14. The predicted molar refractivity (Wildman–Crippen MR) is 96.1 cm³/mol. The van der Waals surface area contributed by atoms with Crippen molar-refractivity contribution in [2.45, 2.75) is 34.6 Å². The molecule has 0 saturated carbocycles. The van der Waals surface area contributed by atoms with Crippen molar-refractivity contribution in [2.24, 2.45) is 0 Å². The molecule has 0 radical (unpaired) electrons. The summed E-state index contributed by atoms with van der Waals surface area (Å²) in [4.78, 5) is 12.8. The summed E-state index contributed by atoms with van der Waals surface area (Å²) >= 11 is 0. The average Bonchev–Trinajstić information content (AvgIpc) is 3.04. The number of hydrogen-bond donors (Lipinski definition) is 0. The third-order valence-electron chi connectivity index (χ3n) is 5.07. The van der Waals surface area contributed by atoms with Crippen LogP contribution in [0.5, 0.6) is 11.5 Å². The van der Waals surface area contributed by atoms with Gasteiger partial charge >= 0.3 is 0 Å². The lowest BCUT2D eigenvalue weighted by Gasteiger charge is -2.16. The molecule has 1 aliphatic heterocycles. The van der Waals surface area contributed by atoms with Gasteiger partial charge in [-0.15, -0.1) is 0 Å². The van der Waals surface area contributed by atoms with Crippen molar-refractivity contribution < 1.29 is 14.3 Å². The van der Waals surface area contributed by atoms with Gasteiger partial charge in [0.1, 0.15) is 0 Å². The fourth-order valence-electron chi connectivity index (χ4n) is 3.14. The predicted octanol–water partition coefficient (Wildman–Crippen LogP) is 4.85. The van der Waals surface area contributed by atoms with Gasteiger partial charge in [-0.1, -0.05) is 12.1 Å². The number of benzene rings is 2. The highest BCUT2D eigenvalue weighted by molar-refractivity contribution is 6.09. The fraction of sp³-hybridized carbons (Fsp3) is 0.286. The van der Waals surface area contributed by atoms with Crippen LogP contribution in [0, 0.1) is 34.6 Å². The smallest absolute Gasteiger partial charge is 0.231 e. The molecule has 2 aromatic rings. The van der Waals surface area contributed by atoms with Crippen LogP contribution in [0.25, 0.3) is 6.08 Å². The van der Waals surface area contributed by atoms with Crippen molar-refractivity contribution in [1.29, 1.82) is 0 Å². The lowest BCUT2D eigenvalue weighted by atomic mass is 9.87. The molecule has 1 aliphatic rings. The minimum Gasteiger partial charge on any atom is -0.454 e. The Kier molecular flexibility index (Phi) is 4.18. The Bertz CT molecular complexity index is 831. The number of rotatable bonds is 3. The van der Waals surface area contributed by atoms with Gasteiger partial charge in [0.15, 0.2) is 17.3 Å². The summed E-state index contributed by atoms with van der Waals surface area (Å²) in [5.74, 6) is 1.50. The standard InChI is InChI=1S/C21H22O3/c1-12-13(2)15(4)21(16(5)14(12)3)18(22)8-6-17-7-9-19-20(10-17)24-11-23-19/h6-10H,11H2,1-5H3/b8-6+. The van der Waals surface area contributed by atoms with E-state index in [-0.39, 0.29) is 12.6 Å². The molecule has 124 valence electrons. The highest BCUT2D eigenvalue weighted by atomic mass is 16.7. The highest BCUT2D eigenvalue weighted by Crippen LogP contribution is 2.33. The van der Waals surface area contributed by atoms with Crippen LogP contribution in [-0.4, -0.2) is 12.6 Å². The second-order valence-electron chi connectivity index (χ2n) is 6.31. The SMILES string of the molecule is Cc1c(C)c(C)c(C(=O)/C=C/c2ccc3c(c2)OCO3)c(C)c1C. The van der Waals surface area contributed by atoms with Gasteiger partial charge in [-0.05, 0) is 86.2 Å². The van der Waals surface area contributed by atoms with Crippen LogP contribution in [0.4, 0.5) is 0 Å². The Morgan fingerprint density at radius 3 is 2.12 bits per heavy atom. The number of carbonyl (C=O) groups is 1. The van der Waals surface area contributed by atoms with E-state index >= 15 is 0 Å². The Labute approximate surface area is 142 Å². The van der Waals surface area contributed by atoms with Crippen molar-refractivity contribution >= 4 is 11.9 Å². The monoisotopic (exact) mass is 322 g/mol. The third-order valence-corrected chi connectivity index (χ3v) is 5.07. The molecule has 3 nitrogen and oxygen atoms in total. The zero-order valence-electron chi connectivity index (χ0n) is 14.8. The van der Waals surface area contributed by atoms with Crippen molar-refractivity contribution in [1.82, 2.24) is 0 Å². The first kappa shape index (κ1) is 16.3. The molecule has 1 heterocycles. The highest BCUT2D eigenvalue weighted by Gasteiger charge is 2.17. The number of ether oxygens (including phenoxy) is 2. The first-order valence-corrected chi connectivity index (χ1v) is 8.09. The van der Waals surface area contributed by atoms with Crippen LogP contribution in [0.1, 0.15) is 43.7 Å². The number of carbonyl (C=O) groups excluding carboxylic acids is 1. The second-order valence-corrected chi connectivity index (χ2v) is 6.31. The van der Waals surface area contributed by atoms with Gasteiger partial charge in [0, 0.05) is 5.56 Å². The first-order chi connectivity index (χ1) is 11.4. The van der Waals surface area contributed by atoms with Gasteiger partial charge in [0.25, 0.3) is 0 Å². The van der Waals surface area contributed by atoms with E-state index in [4.69, 9.17) is 9.47 Å². The van der Waals surface area contributed by atoms with E-state index in [0.717, 1.165) is 33.8 Å². The normalized spacial score (nSPS) is 12.9. The van der Waals surface area contributed by atoms with E-state index in [2.05, 4.69) is 20.8 Å². The summed E-state index contributed by atoms with van der Waals surface area (Å²) in [6.45, 7) is 10.6. The minimum absolute atomic E-state index is 0.0360. The second kappa shape index (κ2) is 6.16. The zero-order chi connectivity index (χ0) is 17.4. The molecular weight excluding hydrogens is 300 g/mol. The molecular formula is C21H22O3. The topological polar surface area (TPSA) is 35.5 Å². The van der Waals surface area contributed by atoms with Crippen LogP contribution < -0.4 is 9.47 Å². The molecule has 0 spiro atoms. The maximum atomic E-state index is 12.8. The van der Waals surface area contributed by atoms with Crippen molar-refractivity contribution in [3.05, 3.63) is 63.2 Å². The van der Waals surface area contributed by atoms with E-state index in [1.807, 2.05) is 38.1 Å². The summed E-state index contributed by atoms with van der Waals surface area (Å²) < 4.78 is 10.7. The van der Waals surface area contributed by atoms with E-state index in [1.54, 1.807) is 6.08 Å². The Balaban J connectivity index is 1.93. The molecule has 0 amide bonds. The number of allylic oxidation sites excluding steroid dienone is 1. The zero-order valence-corrected chi connectivity index (χ0v) is 14.8. The Morgan fingerprint density at radius 1 is 0.875 bits per heavy atom. The van der Waals surface area contributed by atoms with Crippen LogP contribution in [0.2, 0.25) is 0 Å². The van der Waals surface area contributed by atoms with E-state index < -0.39 is 0 Å². The van der Waals surface area contributed by atoms with E-state index in [0.29, 0.717) is 0 Å². The van der Waals surface area contributed by atoms with Gasteiger partial charge in [-0.3, -0.25) is 4.79 Å². The molecule has 3 rings (SSSR count). The summed E-state index contributed by atoms with van der Waals surface area (Å²) in [5, 5.41) is 0. The molecule has 0 bridgehead atoms. The number of hydrogen-bond acceptors (Lipinski definition) is 3. The van der Waals surface area contributed by atoms with Gasteiger partial charge in [-0.2, -0.15) is 0 Å². The van der Waals surface area contributed by atoms with Crippen molar-refractivity contribution in [3.63, 3.8) is 0 Å². The summed E-state index contributed by atoms with van der Waals surface area (Å²) in [6, 6.07) is 5.67. The molecule has 0 N–H and O–H groups in total. The summed E-state index contributed by atoms with van der Waals surface area (Å²) in [7, 11) is 0. The van der Waals surface area contributed by atoms with Crippen LogP contribution >= 0.6 is 0 Å². The third kappa shape index (κ3) is 2.71. The van der Waals surface area contributed by atoms with Gasteiger partial charge in [0.05, 0.1) is 0 Å². The maximum absolute atomic E-state index is 12.8. The van der Waals surface area contributed by atoms with Gasteiger partial charge < -0.3 is 9.47 Å². The maximum Gasteiger partial charge on any atom is 0.231 e. The molecule has 0 aliphatic carbocycles. The minimum atomic E-state index is 0.0360. The summed E-state index contributed by atoms with van der Waals surface area (Å²) in [6.07, 6.45) is 3.47. The Morgan fingerprint density at radius 2 is 1.46 bits per heavy atom. The van der Waals surface area contributed by atoms with Crippen molar-refractivity contribution in [3.8, 4) is 11.5 Å². The first-order valence-electron chi connectivity index (χ1n) is 8.09. The lowest BCUT2D eigenvalue weighted by Crippen LogP contribution is -2.07. The average molecular weight is 322 g/mol. The molecule has 24 heavy (non-hydrogen) atoms. The quantitative estimate of drug-likeness (QED) is 0.598. The van der Waals surface area contributed by atoms with Gasteiger partial charge in [-0.25, -0.2) is 0 Å². The van der Waals surface area contributed by atoms with Gasteiger partial charge in [0.2, 0.25) is 6.79 Å². The lowest BCUT2D eigenvalue weighted by molar-refractivity contribution is 0.104. The Hall–Kier alpha value is -2.55. The van der Waals surface area contributed by atoms with Crippen LogP contribution in [0.3, 0.4) is 0 Å². The molecule has 0 saturated heterocycles. The van der Waals surface area contributed by atoms with E-state index in [1.165, 1.54) is 16.7 Å². The van der Waals surface area contributed by atoms with Crippen LogP contribution in [-0.2, 0) is 0 Å². The molecule has 0 aromatic heterocycles.